The van der Waals surface area contributed by atoms with Crippen molar-refractivity contribution < 1.29 is 14.3 Å². The summed E-state index contributed by atoms with van der Waals surface area (Å²) in [5.74, 6) is 1.97. The number of hydrogen-bond donors (Lipinski definition) is 1. The Hall–Kier alpha value is -2.49. The van der Waals surface area contributed by atoms with Crippen molar-refractivity contribution in [2.24, 2.45) is 0 Å². The van der Waals surface area contributed by atoms with Crippen LogP contribution in [0.3, 0.4) is 0 Å². The van der Waals surface area contributed by atoms with Crippen molar-refractivity contribution in [1.29, 1.82) is 0 Å². The molecule has 3 rings (SSSR count). The van der Waals surface area contributed by atoms with Crippen molar-refractivity contribution >= 4 is 5.91 Å². The normalized spacial score (nSPS) is 15.6. The molecule has 0 saturated carbocycles. The van der Waals surface area contributed by atoms with Crippen LogP contribution in [0.25, 0.3) is 0 Å². The van der Waals surface area contributed by atoms with Gasteiger partial charge in [0, 0.05) is 24.4 Å². The standard InChI is InChI=1S/C19H21NO3/c1-22-17-8-4-2-6-14(17)10-11-20-19(21)12-15-13-23-18-9-5-3-7-16(15)18/h2-9,15H,10-13H2,1H3,(H,20,21). The maximum Gasteiger partial charge on any atom is 0.220 e. The first-order valence-electron chi connectivity index (χ1n) is 7.88. The Kier molecular flexibility index (Phi) is 4.81. The van der Waals surface area contributed by atoms with Crippen LogP contribution in [0, 0.1) is 0 Å². The molecule has 1 unspecified atom stereocenters. The highest BCUT2D eigenvalue weighted by atomic mass is 16.5. The van der Waals surface area contributed by atoms with E-state index in [1.54, 1.807) is 7.11 Å². The Morgan fingerprint density at radius 2 is 2.00 bits per heavy atom. The fraction of sp³-hybridized carbons (Fsp3) is 0.316. The van der Waals surface area contributed by atoms with E-state index in [-0.39, 0.29) is 11.8 Å². The fourth-order valence-electron chi connectivity index (χ4n) is 2.94. The molecule has 0 fully saturated rings. The summed E-state index contributed by atoms with van der Waals surface area (Å²) in [6.45, 7) is 1.19. The van der Waals surface area contributed by atoms with Crippen molar-refractivity contribution in [3.63, 3.8) is 0 Å². The van der Waals surface area contributed by atoms with E-state index < -0.39 is 0 Å². The van der Waals surface area contributed by atoms with E-state index in [2.05, 4.69) is 5.32 Å². The van der Waals surface area contributed by atoms with Gasteiger partial charge in [0.25, 0.3) is 0 Å². The van der Waals surface area contributed by atoms with Gasteiger partial charge in [-0.1, -0.05) is 36.4 Å². The van der Waals surface area contributed by atoms with E-state index in [0.29, 0.717) is 19.6 Å². The molecule has 23 heavy (non-hydrogen) atoms. The lowest BCUT2D eigenvalue weighted by Crippen LogP contribution is -2.27. The average Bonchev–Trinajstić information content (AvgIpc) is 2.98. The van der Waals surface area contributed by atoms with Gasteiger partial charge in [0.2, 0.25) is 5.91 Å². The molecule has 1 atom stereocenters. The predicted octanol–water partition coefficient (Wildman–Crippen LogP) is 2.92. The van der Waals surface area contributed by atoms with Gasteiger partial charge in [-0.05, 0) is 24.1 Å². The number of nitrogens with one attached hydrogen (secondary N) is 1. The quantitative estimate of drug-likeness (QED) is 0.892. The second-order valence-corrected chi connectivity index (χ2v) is 5.66. The molecule has 0 bridgehead atoms. The van der Waals surface area contributed by atoms with E-state index in [0.717, 1.165) is 29.0 Å². The first-order chi connectivity index (χ1) is 11.3. The van der Waals surface area contributed by atoms with Crippen molar-refractivity contribution in [1.82, 2.24) is 5.32 Å². The van der Waals surface area contributed by atoms with Gasteiger partial charge in [-0.15, -0.1) is 0 Å². The number of carbonyl (C=O) groups excluding carboxylic acids is 1. The third-order valence-corrected chi connectivity index (χ3v) is 4.14. The molecule has 0 aliphatic carbocycles. The van der Waals surface area contributed by atoms with Gasteiger partial charge in [-0.25, -0.2) is 0 Å². The Morgan fingerprint density at radius 1 is 1.22 bits per heavy atom. The van der Waals surface area contributed by atoms with Gasteiger partial charge in [0.15, 0.2) is 0 Å². The van der Waals surface area contributed by atoms with Crippen molar-refractivity contribution in [2.45, 2.75) is 18.8 Å². The van der Waals surface area contributed by atoms with Crippen LogP contribution >= 0.6 is 0 Å². The van der Waals surface area contributed by atoms with E-state index in [9.17, 15) is 4.79 Å². The molecule has 1 amide bonds. The van der Waals surface area contributed by atoms with E-state index in [4.69, 9.17) is 9.47 Å². The summed E-state index contributed by atoms with van der Waals surface area (Å²) in [7, 11) is 1.66. The SMILES string of the molecule is COc1ccccc1CCNC(=O)CC1COc2ccccc21. The molecule has 0 aromatic heterocycles. The maximum absolute atomic E-state index is 12.2. The number of para-hydroxylation sites is 2. The van der Waals surface area contributed by atoms with Crippen LogP contribution in [0.4, 0.5) is 0 Å². The number of benzene rings is 2. The summed E-state index contributed by atoms with van der Waals surface area (Å²) in [5, 5.41) is 2.99. The minimum Gasteiger partial charge on any atom is -0.496 e. The molecule has 1 heterocycles. The molecule has 2 aromatic carbocycles. The largest absolute Gasteiger partial charge is 0.496 e. The minimum atomic E-state index is 0.0604. The maximum atomic E-state index is 12.2. The fourth-order valence-corrected chi connectivity index (χ4v) is 2.94. The van der Waals surface area contributed by atoms with Crippen LogP contribution in [0.2, 0.25) is 0 Å². The number of amides is 1. The number of fused-ring (bicyclic) bond motifs is 1. The molecular formula is C19H21NO3. The van der Waals surface area contributed by atoms with Crippen LogP contribution in [-0.4, -0.2) is 26.2 Å². The topological polar surface area (TPSA) is 47.6 Å². The van der Waals surface area contributed by atoms with E-state index >= 15 is 0 Å². The van der Waals surface area contributed by atoms with Crippen molar-refractivity contribution in [2.75, 3.05) is 20.3 Å². The predicted molar refractivity (Wildman–Crippen MR) is 89.0 cm³/mol. The lowest BCUT2D eigenvalue weighted by Gasteiger charge is -2.11. The molecule has 0 saturated heterocycles. The van der Waals surface area contributed by atoms with Crippen LogP contribution in [0.15, 0.2) is 48.5 Å². The van der Waals surface area contributed by atoms with Gasteiger partial charge in [0.1, 0.15) is 11.5 Å². The van der Waals surface area contributed by atoms with Crippen molar-refractivity contribution in [3.05, 3.63) is 59.7 Å². The molecule has 0 radical (unpaired) electrons. The van der Waals surface area contributed by atoms with Gasteiger partial charge >= 0.3 is 0 Å². The summed E-state index contributed by atoms with van der Waals surface area (Å²) in [4.78, 5) is 12.2. The summed E-state index contributed by atoms with van der Waals surface area (Å²) in [6, 6.07) is 15.8. The van der Waals surface area contributed by atoms with E-state index in [1.165, 1.54) is 0 Å². The molecule has 0 spiro atoms. The molecule has 2 aromatic rings. The second kappa shape index (κ2) is 7.18. The Balaban J connectivity index is 1.49. The first kappa shape index (κ1) is 15.4. The van der Waals surface area contributed by atoms with Gasteiger partial charge in [-0.3, -0.25) is 4.79 Å². The Labute approximate surface area is 136 Å². The van der Waals surface area contributed by atoms with E-state index in [1.807, 2.05) is 48.5 Å². The summed E-state index contributed by atoms with van der Waals surface area (Å²) < 4.78 is 10.9. The summed E-state index contributed by atoms with van der Waals surface area (Å²) >= 11 is 0. The van der Waals surface area contributed by atoms with Crippen LogP contribution < -0.4 is 14.8 Å². The molecule has 4 nitrogen and oxygen atoms in total. The van der Waals surface area contributed by atoms with Crippen LogP contribution in [-0.2, 0) is 11.2 Å². The third kappa shape index (κ3) is 3.65. The molecule has 120 valence electrons. The number of carbonyl (C=O) groups is 1. The molecular weight excluding hydrogens is 290 g/mol. The van der Waals surface area contributed by atoms with Crippen LogP contribution in [0.5, 0.6) is 11.5 Å². The molecule has 4 heteroatoms. The number of ether oxygens (including phenoxy) is 2. The zero-order chi connectivity index (χ0) is 16.1. The zero-order valence-electron chi connectivity index (χ0n) is 13.2. The van der Waals surface area contributed by atoms with Crippen molar-refractivity contribution in [3.8, 4) is 11.5 Å². The van der Waals surface area contributed by atoms with Crippen LogP contribution in [0.1, 0.15) is 23.5 Å². The molecule has 1 aliphatic heterocycles. The molecule has 1 aliphatic rings. The van der Waals surface area contributed by atoms with Gasteiger partial charge in [0.05, 0.1) is 13.7 Å². The summed E-state index contributed by atoms with van der Waals surface area (Å²) in [6.07, 6.45) is 1.22. The smallest absolute Gasteiger partial charge is 0.220 e. The highest BCUT2D eigenvalue weighted by molar-refractivity contribution is 5.77. The third-order valence-electron chi connectivity index (χ3n) is 4.14. The Bertz CT molecular complexity index is 684. The average molecular weight is 311 g/mol. The number of rotatable bonds is 6. The molecule has 1 N–H and O–H groups in total. The minimum absolute atomic E-state index is 0.0604. The lowest BCUT2D eigenvalue weighted by molar-refractivity contribution is -0.121. The zero-order valence-corrected chi connectivity index (χ0v) is 13.2. The number of methoxy groups -OCH3 is 1. The summed E-state index contributed by atoms with van der Waals surface area (Å²) in [5.41, 5.74) is 2.23. The lowest BCUT2D eigenvalue weighted by atomic mass is 9.97. The monoisotopic (exact) mass is 311 g/mol. The highest BCUT2D eigenvalue weighted by Crippen LogP contribution is 2.35. The number of hydrogen-bond acceptors (Lipinski definition) is 3. The Morgan fingerprint density at radius 3 is 2.87 bits per heavy atom. The first-order valence-corrected chi connectivity index (χ1v) is 7.88. The van der Waals surface area contributed by atoms with Gasteiger partial charge in [-0.2, -0.15) is 0 Å². The highest BCUT2D eigenvalue weighted by Gasteiger charge is 2.25. The van der Waals surface area contributed by atoms with Gasteiger partial charge < -0.3 is 14.8 Å². The second-order valence-electron chi connectivity index (χ2n) is 5.66.